The quantitative estimate of drug-likeness (QED) is 0.375. The van der Waals surface area contributed by atoms with Gasteiger partial charge in [-0.3, -0.25) is 4.79 Å². The Labute approximate surface area is 187 Å². The minimum atomic E-state index is -0.313. The first kappa shape index (κ1) is 19.6. The van der Waals surface area contributed by atoms with Crippen molar-refractivity contribution in [3.8, 4) is 11.3 Å². The summed E-state index contributed by atoms with van der Waals surface area (Å²) in [5, 5.41) is 6.43. The summed E-state index contributed by atoms with van der Waals surface area (Å²) >= 11 is 12.1. The first-order valence-electron chi connectivity index (χ1n) is 9.37. The van der Waals surface area contributed by atoms with Crippen molar-refractivity contribution in [2.75, 3.05) is 5.01 Å². The van der Waals surface area contributed by atoms with Crippen LogP contribution in [0.3, 0.4) is 0 Å². The van der Waals surface area contributed by atoms with Crippen molar-refractivity contribution in [1.82, 2.24) is 0 Å². The molecular formula is C23H14Cl2N2O4. The fourth-order valence-electron chi connectivity index (χ4n) is 3.54. The summed E-state index contributed by atoms with van der Waals surface area (Å²) < 4.78 is 11.0. The van der Waals surface area contributed by atoms with Gasteiger partial charge in [0.25, 0.3) is 5.91 Å². The number of ether oxygens (including phenoxy) is 1. The minimum absolute atomic E-state index is 0.257. The Bertz CT molecular complexity index is 1300. The number of anilines is 1. The van der Waals surface area contributed by atoms with Crippen LogP contribution in [-0.4, -0.2) is 17.6 Å². The molecule has 0 atom stereocenters. The summed E-state index contributed by atoms with van der Waals surface area (Å²) in [6, 6.07) is 13.8. The average Bonchev–Trinajstić information content (AvgIpc) is 3.42. The molecule has 2 aromatic carbocycles. The van der Waals surface area contributed by atoms with E-state index in [1.807, 2.05) is 12.1 Å². The van der Waals surface area contributed by atoms with E-state index in [4.69, 9.17) is 32.4 Å². The van der Waals surface area contributed by atoms with E-state index >= 15 is 0 Å². The van der Waals surface area contributed by atoms with Crippen molar-refractivity contribution in [1.29, 1.82) is 0 Å². The lowest BCUT2D eigenvalue weighted by molar-refractivity contribution is -0.114. The van der Waals surface area contributed by atoms with Gasteiger partial charge in [-0.2, -0.15) is 10.1 Å². The van der Waals surface area contributed by atoms with Gasteiger partial charge < -0.3 is 9.15 Å². The number of hydrogen-bond acceptors (Lipinski definition) is 5. The molecule has 154 valence electrons. The molecule has 3 aromatic rings. The zero-order valence-corrected chi connectivity index (χ0v) is 17.7. The molecule has 2 aliphatic heterocycles. The first-order valence-corrected chi connectivity index (χ1v) is 10.1. The van der Waals surface area contributed by atoms with E-state index < -0.39 is 0 Å². The number of benzene rings is 2. The number of carbonyl (C=O) groups excluding carboxylic acids is 2. The van der Waals surface area contributed by atoms with Gasteiger partial charge in [-0.1, -0.05) is 29.3 Å². The minimum Gasteiger partial charge on any atom is -0.457 e. The molecule has 0 unspecified atom stereocenters. The molecule has 2 aliphatic rings. The van der Waals surface area contributed by atoms with Crippen LogP contribution in [0.5, 0.6) is 0 Å². The third-order valence-corrected chi connectivity index (χ3v) is 5.47. The SMILES string of the molecule is CC1=NN(c2cc(Cl)cc(Cl)c2)C(=O)/C1=C\c1ccc(-c2ccc3c(c2)COC3=O)o1. The van der Waals surface area contributed by atoms with E-state index in [2.05, 4.69) is 5.10 Å². The van der Waals surface area contributed by atoms with E-state index in [0.717, 1.165) is 11.1 Å². The maximum Gasteiger partial charge on any atom is 0.338 e. The highest BCUT2D eigenvalue weighted by molar-refractivity contribution is 6.36. The Kier molecular flexibility index (Phi) is 4.68. The summed E-state index contributed by atoms with van der Waals surface area (Å²) in [7, 11) is 0. The van der Waals surface area contributed by atoms with Gasteiger partial charge in [0.2, 0.25) is 0 Å². The normalized spacial score (nSPS) is 16.7. The first-order chi connectivity index (χ1) is 14.9. The van der Waals surface area contributed by atoms with Crippen LogP contribution < -0.4 is 5.01 Å². The largest absolute Gasteiger partial charge is 0.457 e. The fourth-order valence-corrected chi connectivity index (χ4v) is 4.05. The van der Waals surface area contributed by atoms with Gasteiger partial charge >= 0.3 is 5.97 Å². The maximum absolute atomic E-state index is 12.9. The van der Waals surface area contributed by atoms with Crippen molar-refractivity contribution in [3.05, 3.63) is 81.0 Å². The molecule has 0 bridgehead atoms. The van der Waals surface area contributed by atoms with Gasteiger partial charge in [-0.15, -0.1) is 0 Å². The summed E-state index contributed by atoms with van der Waals surface area (Å²) in [5.74, 6) is 0.507. The molecule has 0 saturated heterocycles. The lowest BCUT2D eigenvalue weighted by atomic mass is 10.0. The van der Waals surface area contributed by atoms with Gasteiger partial charge in [0.1, 0.15) is 18.1 Å². The molecule has 0 radical (unpaired) electrons. The molecule has 0 saturated carbocycles. The second kappa shape index (κ2) is 7.41. The van der Waals surface area contributed by atoms with E-state index in [1.165, 1.54) is 5.01 Å². The van der Waals surface area contributed by atoms with Crippen molar-refractivity contribution >= 4 is 52.6 Å². The number of cyclic esters (lactones) is 1. The molecule has 31 heavy (non-hydrogen) atoms. The number of rotatable bonds is 3. The van der Waals surface area contributed by atoms with Gasteiger partial charge in [0.05, 0.1) is 22.5 Å². The summed E-state index contributed by atoms with van der Waals surface area (Å²) in [4.78, 5) is 24.6. The number of carbonyl (C=O) groups is 2. The number of esters is 1. The Morgan fingerprint density at radius 1 is 1.03 bits per heavy atom. The highest BCUT2D eigenvalue weighted by atomic mass is 35.5. The standard InChI is InChI=1S/C23H14Cl2N2O4/c1-12-20(22(28)27(26-12)17-8-15(24)7-16(25)9-17)10-18-3-5-21(31-18)13-2-4-19-14(6-13)11-30-23(19)29/h2-10H,11H2,1H3/b20-10-. The van der Waals surface area contributed by atoms with Crippen LogP contribution in [0.1, 0.15) is 28.6 Å². The van der Waals surface area contributed by atoms with Crippen molar-refractivity contribution in [2.45, 2.75) is 13.5 Å². The predicted octanol–water partition coefficient (Wildman–Crippen LogP) is 5.73. The van der Waals surface area contributed by atoms with E-state index in [9.17, 15) is 9.59 Å². The molecule has 1 aromatic heterocycles. The topological polar surface area (TPSA) is 72.1 Å². The lowest BCUT2D eigenvalue weighted by Crippen LogP contribution is -2.21. The Morgan fingerprint density at radius 2 is 1.81 bits per heavy atom. The van der Waals surface area contributed by atoms with Crippen LogP contribution in [0.4, 0.5) is 5.69 Å². The molecule has 0 N–H and O–H groups in total. The molecule has 0 aliphatic carbocycles. The molecule has 1 amide bonds. The van der Waals surface area contributed by atoms with Gasteiger partial charge in [-0.05, 0) is 55.5 Å². The third kappa shape index (κ3) is 3.54. The number of furan rings is 1. The van der Waals surface area contributed by atoms with Crippen LogP contribution in [0, 0.1) is 0 Å². The number of fused-ring (bicyclic) bond motifs is 1. The van der Waals surface area contributed by atoms with E-state index in [-0.39, 0.29) is 18.5 Å². The highest BCUT2D eigenvalue weighted by Crippen LogP contribution is 2.32. The van der Waals surface area contributed by atoms with Gasteiger partial charge in [0, 0.05) is 21.2 Å². The van der Waals surface area contributed by atoms with E-state index in [1.54, 1.807) is 49.4 Å². The van der Waals surface area contributed by atoms with Crippen LogP contribution in [-0.2, 0) is 16.1 Å². The lowest BCUT2D eigenvalue weighted by Gasteiger charge is -2.12. The number of hydrogen-bond donors (Lipinski definition) is 0. The van der Waals surface area contributed by atoms with Crippen LogP contribution in [0.15, 0.2) is 63.6 Å². The number of nitrogens with zero attached hydrogens (tertiary/aromatic N) is 2. The number of amides is 1. The highest BCUT2D eigenvalue weighted by Gasteiger charge is 2.29. The van der Waals surface area contributed by atoms with Crippen molar-refractivity contribution in [3.63, 3.8) is 0 Å². The number of hydrazone groups is 1. The summed E-state index contributed by atoms with van der Waals surface area (Å²) in [6.45, 7) is 2.00. The Morgan fingerprint density at radius 3 is 2.58 bits per heavy atom. The zero-order chi connectivity index (χ0) is 21.7. The monoisotopic (exact) mass is 452 g/mol. The predicted molar refractivity (Wildman–Crippen MR) is 118 cm³/mol. The van der Waals surface area contributed by atoms with Crippen LogP contribution in [0.2, 0.25) is 10.0 Å². The molecule has 0 spiro atoms. The zero-order valence-electron chi connectivity index (χ0n) is 16.2. The molecule has 0 fully saturated rings. The van der Waals surface area contributed by atoms with Crippen LogP contribution in [0.25, 0.3) is 17.4 Å². The van der Waals surface area contributed by atoms with Crippen molar-refractivity contribution in [2.24, 2.45) is 5.10 Å². The molecular weight excluding hydrogens is 439 g/mol. The molecule has 3 heterocycles. The molecule has 6 nitrogen and oxygen atoms in total. The van der Waals surface area contributed by atoms with Gasteiger partial charge in [0.15, 0.2) is 0 Å². The maximum atomic E-state index is 12.9. The average molecular weight is 453 g/mol. The van der Waals surface area contributed by atoms with Crippen molar-refractivity contribution < 1.29 is 18.7 Å². The Balaban J connectivity index is 1.43. The number of halogens is 2. The summed E-state index contributed by atoms with van der Waals surface area (Å²) in [6.07, 6.45) is 1.65. The molecule has 8 heteroatoms. The fraction of sp³-hybridized carbons (Fsp3) is 0.0870. The van der Waals surface area contributed by atoms with Crippen LogP contribution >= 0.6 is 23.2 Å². The molecule has 5 rings (SSSR count). The smallest absolute Gasteiger partial charge is 0.338 e. The Hall–Kier alpha value is -3.35. The van der Waals surface area contributed by atoms with Gasteiger partial charge in [-0.25, -0.2) is 4.79 Å². The second-order valence-corrected chi connectivity index (χ2v) is 8.01. The van der Waals surface area contributed by atoms with E-state index in [0.29, 0.717) is 44.1 Å². The second-order valence-electron chi connectivity index (χ2n) is 7.14. The third-order valence-electron chi connectivity index (χ3n) is 5.04. The summed E-state index contributed by atoms with van der Waals surface area (Å²) in [5.41, 5.74) is 3.66.